The summed E-state index contributed by atoms with van der Waals surface area (Å²) < 4.78 is 15.4. The largest absolute Gasteiger partial charge is 0.494 e. The molecule has 0 radical (unpaired) electrons. The van der Waals surface area contributed by atoms with Gasteiger partial charge in [-0.25, -0.2) is 9.48 Å². The molecule has 2 amide bonds. The molecule has 0 bridgehead atoms. The Morgan fingerprint density at radius 1 is 0.878 bits per heavy atom. The summed E-state index contributed by atoms with van der Waals surface area (Å²) in [4.78, 5) is 16.0. The molecule has 8 heteroatoms. The van der Waals surface area contributed by atoms with Crippen LogP contribution in [-0.4, -0.2) is 38.5 Å². The minimum absolute atomic E-state index is 0.208. The summed E-state index contributed by atoms with van der Waals surface area (Å²) in [6, 6.07) is 29.1. The number of carbonyl (C=O) groups is 1. The van der Waals surface area contributed by atoms with E-state index in [1.54, 1.807) is 0 Å². The first-order valence-corrected chi connectivity index (χ1v) is 13.9. The standard InChI is InChI=1S/C33H33N5O3/c1-4-40-27-17-13-24(14-18-27)31-30-12-9-21-36(30)32-29(23(3)35-38(32)26-10-7-6-8-11-26)22-37(31)33(39)34-25-15-19-28(20-16-25)41-5-2/h6-21,31H,4-5,22H2,1-3H3,(H,34,39)/t31-/m0/s1. The number of amides is 2. The molecule has 3 heterocycles. The minimum atomic E-state index is -0.362. The lowest BCUT2D eigenvalue weighted by Gasteiger charge is -2.31. The molecule has 1 atom stereocenters. The molecule has 2 aromatic heterocycles. The number of aromatic nitrogens is 3. The number of hydrogen-bond donors (Lipinski definition) is 1. The van der Waals surface area contributed by atoms with E-state index in [2.05, 4.69) is 16.0 Å². The predicted molar refractivity (Wildman–Crippen MR) is 159 cm³/mol. The van der Waals surface area contributed by atoms with E-state index in [9.17, 15) is 4.79 Å². The summed E-state index contributed by atoms with van der Waals surface area (Å²) in [5.41, 5.74) is 5.46. The summed E-state index contributed by atoms with van der Waals surface area (Å²) in [5.74, 6) is 2.49. The molecule has 0 spiro atoms. The molecule has 5 aromatic rings. The van der Waals surface area contributed by atoms with Gasteiger partial charge in [-0.3, -0.25) is 0 Å². The van der Waals surface area contributed by atoms with Crippen LogP contribution >= 0.6 is 0 Å². The number of aryl methyl sites for hydroxylation is 1. The number of rotatable bonds is 7. The summed E-state index contributed by atoms with van der Waals surface area (Å²) in [6.07, 6.45) is 2.05. The van der Waals surface area contributed by atoms with Gasteiger partial charge in [-0.15, -0.1) is 0 Å². The zero-order valence-electron chi connectivity index (χ0n) is 23.4. The lowest BCUT2D eigenvalue weighted by Crippen LogP contribution is -2.38. The third-order valence-corrected chi connectivity index (χ3v) is 7.27. The molecule has 6 rings (SSSR count). The van der Waals surface area contributed by atoms with Crippen LogP contribution in [0, 0.1) is 6.92 Å². The number of nitrogens with zero attached hydrogens (tertiary/aromatic N) is 4. The lowest BCUT2D eigenvalue weighted by atomic mass is 10.0. The van der Waals surface area contributed by atoms with Crippen molar-refractivity contribution >= 4 is 11.7 Å². The van der Waals surface area contributed by atoms with Crippen LogP contribution in [0.1, 0.15) is 42.4 Å². The minimum Gasteiger partial charge on any atom is -0.494 e. The van der Waals surface area contributed by atoms with Crippen molar-refractivity contribution in [2.24, 2.45) is 0 Å². The van der Waals surface area contributed by atoms with E-state index in [-0.39, 0.29) is 12.1 Å². The Kier molecular flexibility index (Phi) is 7.20. The van der Waals surface area contributed by atoms with E-state index in [1.165, 1.54) is 0 Å². The van der Waals surface area contributed by atoms with Gasteiger partial charge < -0.3 is 24.3 Å². The maximum Gasteiger partial charge on any atom is 0.322 e. The molecule has 0 saturated heterocycles. The Morgan fingerprint density at radius 3 is 2.20 bits per heavy atom. The van der Waals surface area contributed by atoms with Crippen molar-refractivity contribution < 1.29 is 14.3 Å². The first-order valence-electron chi connectivity index (χ1n) is 13.9. The number of para-hydroxylation sites is 1. The summed E-state index contributed by atoms with van der Waals surface area (Å²) in [6.45, 7) is 7.46. The molecule has 1 aliphatic heterocycles. The molecule has 41 heavy (non-hydrogen) atoms. The molecule has 0 fully saturated rings. The first kappa shape index (κ1) is 26.3. The van der Waals surface area contributed by atoms with Gasteiger partial charge in [0.15, 0.2) is 0 Å². The zero-order chi connectivity index (χ0) is 28.3. The zero-order valence-corrected chi connectivity index (χ0v) is 23.4. The highest BCUT2D eigenvalue weighted by Crippen LogP contribution is 2.39. The molecule has 0 aliphatic carbocycles. The van der Waals surface area contributed by atoms with Gasteiger partial charge in [-0.05, 0) is 87.0 Å². The number of anilines is 1. The van der Waals surface area contributed by atoms with E-state index in [0.29, 0.717) is 25.4 Å². The molecule has 1 N–H and O–H groups in total. The second-order valence-corrected chi connectivity index (χ2v) is 9.86. The van der Waals surface area contributed by atoms with Crippen LogP contribution in [0.3, 0.4) is 0 Å². The van der Waals surface area contributed by atoms with E-state index in [1.807, 2.05) is 121 Å². The van der Waals surface area contributed by atoms with Gasteiger partial charge in [0.25, 0.3) is 0 Å². The molecule has 0 unspecified atom stereocenters. The Morgan fingerprint density at radius 2 is 1.54 bits per heavy atom. The number of benzene rings is 3. The van der Waals surface area contributed by atoms with Crippen molar-refractivity contribution in [1.82, 2.24) is 19.2 Å². The van der Waals surface area contributed by atoms with Crippen molar-refractivity contribution in [2.45, 2.75) is 33.4 Å². The molecule has 208 valence electrons. The highest BCUT2D eigenvalue weighted by molar-refractivity contribution is 5.90. The van der Waals surface area contributed by atoms with Gasteiger partial charge in [-0.1, -0.05) is 30.3 Å². The van der Waals surface area contributed by atoms with Crippen LogP contribution < -0.4 is 14.8 Å². The molecular weight excluding hydrogens is 514 g/mol. The fraction of sp³-hybridized carbons (Fsp3) is 0.212. The van der Waals surface area contributed by atoms with E-state index in [0.717, 1.165) is 45.5 Å². The Hall–Kier alpha value is -4.98. The second-order valence-electron chi connectivity index (χ2n) is 9.86. The van der Waals surface area contributed by atoms with Gasteiger partial charge in [0.05, 0.1) is 42.9 Å². The van der Waals surface area contributed by atoms with Gasteiger partial charge in [0, 0.05) is 17.4 Å². The van der Waals surface area contributed by atoms with Crippen molar-refractivity contribution in [3.63, 3.8) is 0 Å². The molecule has 8 nitrogen and oxygen atoms in total. The summed E-state index contributed by atoms with van der Waals surface area (Å²) >= 11 is 0. The summed E-state index contributed by atoms with van der Waals surface area (Å²) in [5, 5.41) is 8.05. The lowest BCUT2D eigenvalue weighted by molar-refractivity contribution is 0.194. The molecule has 1 aliphatic rings. The number of nitrogens with one attached hydrogen (secondary N) is 1. The van der Waals surface area contributed by atoms with Crippen molar-refractivity contribution in [3.05, 3.63) is 120 Å². The van der Waals surface area contributed by atoms with Crippen molar-refractivity contribution in [2.75, 3.05) is 18.5 Å². The van der Waals surface area contributed by atoms with Crippen molar-refractivity contribution in [3.8, 4) is 23.0 Å². The van der Waals surface area contributed by atoms with Crippen LogP contribution in [0.2, 0.25) is 0 Å². The highest BCUT2D eigenvalue weighted by atomic mass is 16.5. The molecule has 0 saturated carbocycles. The Balaban J connectivity index is 1.46. The Bertz CT molecular complexity index is 1640. The van der Waals surface area contributed by atoms with Gasteiger partial charge in [0.2, 0.25) is 0 Å². The highest BCUT2D eigenvalue weighted by Gasteiger charge is 2.36. The summed E-state index contributed by atoms with van der Waals surface area (Å²) in [7, 11) is 0. The number of fused-ring (bicyclic) bond motifs is 3. The van der Waals surface area contributed by atoms with Gasteiger partial charge in [0.1, 0.15) is 17.3 Å². The van der Waals surface area contributed by atoms with Crippen LogP contribution in [0.5, 0.6) is 11.5 Å². The van der Waals surface area contributed by atoms with Crippen LogP contribution in [0.4, 0.5) is 10.5 Å². The number of urea groups is 1. The number of carbonyl (C=O) groups excluding carboxylic acids is 1. The van der Waals surface area contributed by atoms with E-state index >= 15 is 0 Å². The van der Waals surface area contributed by atoms with Crippen LogP contribution in [0.15, 0.2) is 97.2 Å². The van der Waals surface area contributed by atoms with E-state index in [4.69, 9.17) is 14.6 Å². The predicted octanol–water partition coefficient (Wildman–Crippen LogP) is 6.91. The first-order chi connectivity index (χ1) is 20.1. The smallest absolute Gasteiger partial charge is 0.322 e. The molecular formula is C33H33N5O3. The third-order valence-electron chi connectivity index (χ3n) is 7.27. The molecule has 3 aromatic carbocycles. The fourth-order valence-electron chi connectivity index (χ4n) is 5.41. The quantitative estimate of drug-likeness (QED) is 0.240. The average Bonchev–Trinajstić information content (AvgIpc) is 3.56. The second kappa shape index (κ2) is 11.3. The normalized spacial score (nSPS) is 14.1. The van der Waals surface area contributed by atoms with Crippen molar-refractivity contribution in [1.29, 1.82) is 0 Å². The number of ether oxygens (including phenoxy) is 2. The fourth-order valence-corrected chi connectivity index (χ4v) is 5.41. The third kappa shape index (κ3) is 5.04. The SMILES string of the molecule is CCOc1ccc(NC(=O)N2Cc3c(C)nn(-c4ccccc4)c3-n3cccc3[C@@H]2c2ccc(OCC)cc2)cc1. The van der Waals surface area contributed by atoms with Gasteiger partial charge in [-0.2, -0.15) is 5.10 Å². The monoisotopic (exact) mass is 547 g/mol. The van der Waals surface area contributed by atoms with Crippen LogP contribution in [-0.2, 0) is 6.54 Å². The maximum atomic E-state index is 14.1. The Labute approximate surface area is 239 Å². The van der Waals surface area contributed by atoms with Gasteiger partial charge >= 0.3 is 6.03 Å². The average molecular weight is 548 g/mol. The number of hydrogen-bond acceptors (Lipinski definition) is 4. The maximum absolute atomic E-state index is 14.1. The van der Waals surface area contributed by atoms with E-state index < -0.39 is 0 Å². The topological polar surface area (TPSA) is 73.5 Å². The van der Waals surface area contributed by atoms with Crippen LogP contribution in [0.25, 0.3) is 11.5 Å².